The highest BCUT2D eigenvalue weighted by Crippen LogP contribution is 2.27. The molecule has 1 aromatic carbocycles. The summed E-state index contributed by atoms with van der Waals surface area (Å²) in [5.74, 6) is -0.151. The molecule has 2 unspecified atom stereocenters. The van der Waals surface area contributed by atoms with Crippen LogP contribution in [-0.4, -0.2) is 24.8 Å². The van der Waals surface area contributed by atoms with Gasteiger partial charge in [0.25, 0.3) is 0 Å². The van der Waals surface area contributed by atoms with E-state index in [0.717, 1.165) is 44.4 Å². The summed E-state index contributed by atoms with van der Waals surface area (Å²) >= 11 is 0. The zero-order valence-corrected chi connectivity index (χ0v) is 11.9. The highest BCUT2D eigenvalue weighted by atomic mass is 19.1. The third-order valence-corrected chi connectivity index (χ3v) is 4.08. The van der Waals surface area contributed by atoms with Gasteiger partial charge in [-0.1, -0.05) is 19.1 Å². The Bertz CT molecular complexity index is 409. The minimum atomic E-state index is -0.151. The smallest absolute Gasteiger partial charge is 0.123 e. The van der Waals surface area contributed by atoms with Gasteiger partial charge in [0.2, 0.25) is 0 Å². The number of hydrogen-bond acceptors (Lipinski definition) is 2. The van der Waals surface area contributed by atoms with Crippen LogP contribution in [0, 0.1) is 5.82 Å². The second-order valence-electron chi connectivity index (χ2n) is 5.68. The fraction of sp³-hybridized carbons (Fsp3) is 0.625. The van der Waals surface area contributed by atoms with Gasteiger partial charge in [0.1, 0.15) is 5.82 Å². The van der Waals surface area contributed by atoms with Crippen molar-refractivity contribution in [2.75, 3.05) is 13.2 Å². The number of benzene rings is 1. The number of rotatable bonds is 5. The quantitative estimate of drug-likeness (QED) is 0.882. The lowest BCUT2D eigenvalue weighted by Gasteiger charge is -2.38. The number of ether oxygens (including phenoxy) is 1. The molecule has 1 heterocycles. The Balaban J connectivity index is 1.76. The highest BCUT2D eigenvalue weighted by molar-refractivity contribution is 5.16. The molecule has 0 saturated carbocycles. The van der Waals surface area contributed by atoms with Crippen molar-refractivity contribution in [3.63, 3.8) is 0 Å². The van der Waals surface area contributed by atoms with Gasteiger partial charge in [-0.15, -0.1) is 0 Å². The van der Waals surface area contributed by atoms with Crippen LogP contribution >= 0.6 is 0 Å². The Morgan fingerprint density at radius 3 is 3.05 bits per heavy atom. The van der Waals surface area contributed by atoms with Crippen molar-refractivity contribution in [1.82, 2.24) is 5.32 Å². The predicted molar refractivity (Wildman–Crippen MR) is 75.8 cm³/mol. The van der Waals surface area contributed by atoms with E-state index in [0.29, 0.717) is 6.04 Å². The molecule has 0 spiro atoms. The van der Waals surface area contributed by atoms with E-state index in [1.807, 2.05) is 6.07 Å². The Morgan fingerprint density at radius 1 is 1.47 bits per heavy atom. The molecular weight excluding hydrogens is 241 g/mol. The standard InChI is InChI=1S/C16H24FNO/c1-3-16(2)12-15(8-10-19-16)18-9-7-13-5-4-6-14(17)11-13/h4-6,11,15,18H,3,7-10,12H2,1-2H3. The molecule has 1 aliphatic rings. The van der Waals surface area contributed by atoms with Crippen LogP contribution in [0.3, 0.4) is 0 Å². The molecule has 106 valence electrons. The van der Waals surface area contributed by atoms with Crippen molar-refractivity contribution in [3.05, 3.63) is 35.6 Å². The van der Waals surface area contributed by atoms with E-state index < -0.39 is 0 Å². The molecule has 0 aliphatic carbocycles. The molecule has 19 heavy (non-hydrogen) atoms. The monoisotopic (exact) mass is 265 g/mol. The van der Waals surface area contributed by atoms with Gasteiger partial charge in [-0.2, -0.15) is 0 Å². The van der Waals surface area contributed by atoms with E-state index in [1.165, 1.54) is 6.07 Å². The lowest BCUT2D eigenvalue weighted by Crippen LogP contribution is -2.45. The van der Waals surface area contributed by atoms with E-state index in [9.17, 15) is 4.39 Å². The third kappa shape index (κ3) is 4.29. The van der Waals surface area contributed by atoms with Crippen LogP contribution in [0.25, 0.3) is 0 Å². The minimum absolute atomic E-state index is 0.0226. The fourth-order valence-electron chi connectivity index (χ4n) is 2.66. The van der Waals surface area contributed by atoms with Gasteiger partial charge in [-0.3, -0.25) is 0 Å². The topological polar surface area (TPSA) is 21.3 Å². The van der Waals surface area contributed by atoms with Gasteiger partial charge in [0.15, 0.2) is 0 Å². The first-order valence-electron chi connectivity index (χ1n) is 7.23. The normalized spacial score (nSPS) is 27.4. The molecule has 2 nitrogen and oxygen atoms in total. The Labute approximate surface area is 115 Å². The minimum Gasteiger partial charge on any atom is -0.375 e. The van der Waals surface area contributed by atoms with Crippen LogP contribution in [-0.2, 0) is 11.2 Å². The Kier molecular flexibility index (Phi) is 4.94. The molecule has 0 aromatic heterocycles. The Morgan fingerprint density at radius 2 is 2.32 bits per heavy atom. The summed E-state index contributed by atoms with van der Waals surface area (Å²) in [4.78, 5) is 0. The van der Waals surface area contributed by atoms with E-state index in [1.54, 1.807) is 12.1 Å². The summed E-state index contributed by atoms with van der Waals surface area (Å²) in [6, 6.07) is 7.37. The van der Waals surface area contributed by atoms with Crippen molar-refractivity contribution in [2.45, 2.75) is 51.2 Å². The molecule has 1 N–H and O–H groups in total. The second kappa shape index (κ2) is 6.49. The predicted octanol–water partition coefficient (Wildman–Crippen LogP) is 3.31. The molecule has 2 rings (SSSR count). The highest BCUT2D eigenvalue weighted by Gasteiger charge is 2.31. The average molecular weight is 265 g/mol. The lowest BCUT2D eigenvalue weighted by atomic mass is 9.90. The molecule has 3 heteroatoms. The molecule has 2 atom stereocenters. The third-order valence-electron chi connectivity index (χ3n) is 4.08. The molecule has 1 saturated heterocycles. The van der Waals surface area contributed by atoms with Crippen molar-refractivity contribution < 1.29 is 9.13 Å². The fourth-order valence-corrected chi connectivity index (χ4v) is 2.66. The van der Waals surface area contributed by atoms with Crippen molar-refractivity contribution in [3.8, 4) is 0 Å². The molecule has 0 radical (unpaired) electrons. The first-order valence-corrected chi connectivity index (χ1v) is 7.23. The van der Waals surface area contributed by atoms with E-state index in [2.05, 4.69) is 19.2 Å². The summed E-state index contributed by atoms with van der Waals surface area (Å²) in [7, 11) is 0. The van der Waals surface area contributed by atoms with Crippen molar-refractivity contribution in [1.29, 1.82) is 0 Å². The SMILES string of the molecule is CCC1(C)CC(NCCc2cccc(F)c2)CCO1. The van der Waals surface area contributed by atoms with Crippen LogP contribution in [0.5, 0.6) is 0 Å². The van der Waals surface area contributed by atoms with E-state index in [4.69, 9.17) is 4.74 Å². The zero-order valence-electron chi connectivity index (χ0n) is 11.9. The molecule has 0 bridgehead atoms. The number of halogens is 1. The summed E-state index contributed by atoms with van der Waals surface area (Å²) < 4.78 is 18.9. The molecule has 1 fully saturated rings. The van der Waals surface area contributed by atoms with E-state index in [-0.39, 0.29) is 11.4 Å². The van der Waals surface area contributed by atoms with Crippen LogP contribution < -0.4 is 5.32 Å². The summed E-state index contributed by atoms with van der Waals surface area (Å²) in [5.41, 5.74) is 1.08. The van der Waals surface area contributed by atoms with Crippen molar-refractivity contribution >= 4 is 0 Å². The first-order chi connectivity index (χ1) is 9.11. The first kappa shape index (κ1) is 14.5. The summed E-state index contributed by atoms with van der Waals surface area (Å²) in [6.45, 7) is 6.10. The van der Waals surface area contributed by atoms with Crippen LogP contribution in [0.4, 0.5) is 4.39 Å². The molecule has 1 aromatic rings. The summed E-state index contributed by atoms with van der Waals surface area (Å²) in [5, 5.41) is 3.58. The lowest BCUT2D eigenvalue weighted by molar-refractivity contribution is -0.0778. The average Bonchev–Trinajstić information content (AvgIpc) is 2.39. The van der Waals surface area contributed by atoms with Crippen LogP contribution in [0.15, 0.2) is 24.3 Å². The van der Waals surface area contributed by atoms with Crippen LogP contribution in [0.1, 0.15) is 38.7 Å². The van der Waals surface area contributed by atoms with Gasteiger partial charge in [0.05, 0.1) is 5.60 Å². The molecule has 0 amide bonds. The van der Waals surface area contributed by atoms with Gasteiger partial charge >= 0.3 is 0 Å². The molecule has 1 aliphatic heterocycles. The maximum atomic E-state index is 13.1. The van der Waals surface area contributed by atoms with Crippen molar-refractivity contribution in [2.24, 2.45) is 0 Å². The van der Waals surface area contributed by atoms with Gasteiger partial charge < -0.3 is 10.1 Å². The van der Waals surface area contributed by atoms with Gasteiger partial charge in [-0.25, -0.2) is 4.39 Å². The second-order valence-corrected chi connectivity index (χ2v) is 5.68. The Hall–Kier alpha value is -0.930. The zero-order chi connectivity index (χ0) is 13.7. The van der Waals surface area contributed by atoms with Crippen LogP contribution in [0.2, 0.25) is 0 Å². The maximum Gasteiger partial charge on any atom is 0.123 e. The number of nitrogens with one attached hydrogen (secondary N) is 1. The largest absolute Gasteiger partial charge is 0.375 e. The summed E-state index contributed by atoms with van der Waals surface area (Å²) in [6.07, 6.45) is 4.05. The van der Waals surface area contributed by atoms with Gasteiger partial charge in [-0.05, 0) is 56.8 Å². The molecular formula is C16H24FNO. The van der Waals surface area contributed by atoms with E-state index >= 15 is 0 Å². The maximum absolute atomic E-state index is 13.1. The van der Waals surface area contributed by atoms with Gasteiger partial charge in [0, 0.05) is 12.6 Å². The number of hydrogen-bond donors (Lipinski definition) is 1.